The highest BCUT2D eigenvalue weighted by Gasteiger charge is 2.08. The highest BCUT2D eigenvalue weighted by atomic mass is 16.3. The van der Waals surface area contributed by atoms with E-state index in [2.05, 4.69) is 12.2 Å². The van der Waals surface area contributed by atoms with Gasteiger partial charge in [0.15, 0.2) is 0 Å². The lowest BCUT2D eigenvalue weighted by molar-refractivity contribution is 0.102. The molecule has 2 aromatic rings. The number of phenols is 1. The Bertz CT molecular complexity index is 576. The van der Waals surface area contributed by atoms with E-state index in [0.29, 0.717) is 11.3 Å². The quantitative estimate of drug-likeness (QED) is 0.806. The maximum atomic E-state index is 12.1. The van der Waals surface area contributed by atoms with Crippen LogP contribution in [-0.4, -0.2) is 11.0 Å². The SMILES string of the molecule is CCCCc1ccc(C(=O)Nc2ccccc2O)cc1. The van der Waals surface area contributed by atoms with Gasteiger partial charge in [-0.3, -0.25) is 4.79 Å². The summed E-state index contributed by atoms with van der Waals surface area (Å²) in [6, 6.07) is 14.3. The molecule has 0 aliphatic rings. The third-order valence-electron chi connectivity index (χ3n) is 3.19. The summed E-state index contributed by atoms with van der Waals surface area (Å²) >= 11 is 0. The molecule has 0 aromatic heterocycles. The van der Waals surface area contributed by atoms with E-state index >= 15 is 0 Å². The normalized spacial score (nSPS) is 10.2. The minimum atomic E-state index is -0.214. The molecule has 0 heterocycles. The Labute approximate surface area is 119 Å². The fourth-order valence-electron chi connectivity index (χ4n) is 1.98. The van der Waals surface area contributed by atoms with Crippen molar-refractivity contribution in [1.82, 2.24) is 0 Å². The van der Waals surface area contributed by atoms with Crippen molar-refractivity contribution in [2.45, 2.75) is 26.2 Å². The molecule has 0 aliphatic carbocycles. The first-order chi connectivity index (χ1) is 9.70. The van der Waals surface area contributed by atoms with E-state index in [9.17, 15) is 9.90 Å². The molecule has 0 spiro atoms. The van der Waals surface area contributed by atoms with Gasteiger partial charge in [-0.15, -0.1) is 0 Å². The number of anilines is 1. The van der Waals surface area contributed by atoms with Crippen molar-refractivity contribution in [2.75, 3.05) is 5.32 Å². The van der Waals surface area contributed by atoms with Gasteiger partial charge in [0.25, 0.3) is 5.91 Å². The number of carbonyl (C=O) groups is 1. The van der Waals surface area contributed by atoms with Crippen molar-refractivity contribution in [3.05, 3.63) is 59.7 Å². The fraction of sp³-hybridized carbons (Fsp3) is 0.235. The van der Waals surface area contributed by atoms with E-state index in [1.54, 1.807) is 24.3 Å². The Kier molecular flexibility index (Phi) is 4.77. The molecule has 2 N–H and O–H groups in total. The van der Waals surface area contributed by atoms with E-state index in [-0.39, 0.29) is 11.7 Å². The number of aryl methyl sites for hydroxylation is 1. The van der Waals surface area contributed by atoms with E-state index in [0.717, 1.165) is 19.3 Å². The van der Waals surface area contributed by atoms with Crippen LogP contribution in [0.4, 0.5) is 5.69 Å². The highest BCUT2D eigenvalue weighted by Crippen LogP contribution is 2.22. The Balaban J connectivity index is 2.04. The zero-order valence-corrected chi connectivity index (χ0v) is 11.6. The molecule has 3 nitrogen and oxygen atoms in total. The lowest BCUT2D eigenvalue weighted by atomic mass is 10.1. The number of hydrogen-bond acceptors (Lipinski definition) is 2. The minimum absolute atomic E-state index is 0.0698. The summed E-state index contributed by atoms with van der Waals surface area (Å²) in [6.07, 6.45) is 3.36. The molecule has 0 unspecified atom stereocenters. The van der Waals surface area contributed by atoms with Crippen LogP contribution in [0.1, 0.15) is 35.7 Å². The van der Waals surface area contributed by atoms with Crippen LogP contribution in [0.3, 0.4) is 0 Å². The Morgan fingerprint density at radius 2 is 1.80 bits per heavy atom. The van der Waals surface area contributed by atoms with E-state index in [4.69, 9.17) is 0 Å². The first kappa shape index (κ1) is 14.1. The van der Waals surface area contributed by atoms with Crippen molar-refractivity contribution in [3.63, 3.8) is 0 Å². The Hall–Kier alpha value is -2.29. The number of carbonyl (C=O) groups excluding carboxylic acids is 1. The molecule has 0 radical (unpaired) electrons. The van der Waals surface area contributed by atoms with Crippen LogP contribution >= 0.6 is 0 Å². The maximum absolute atomic E-state index is 12.1. The average molecular weight is 269 g/mol. The van der Waals surface area contributed by atoms with Gasteiger partial charge in [-0.2, -0.15) is 0 Å². The number of amides is 1. The smallest absolute Gasteiger partial charge is 0.255 e. The number of unbranched alkanes of at least 4 members (excludes halogenated alkanes) is 1. The van der Waals surface area contributed by atoms with Crippen LogP contribution in [0.2, 0.25) is 0 Å². The maximum Gasteiger partial charge on any atom is 0.255 e. The molecular weight excluding hydrogens is 250 g/mol. The van der Waals surface area contributed by atoms with Crippen molar-refractivity contribution >= 4 is 11.6 Å². The van der Waals surface area contributed by atoms with Gasteiger partial charge in [-0.25, -0.2) is 0 Å². The molecule has 104 valence electrons. The zero-order chi connectivity index (χ0) is 14.4. The highest BCUT2D eigenvalue weighted by molar-refractivity contribution is 6.04. The van der Waals surface area contributed by atoms with Crippen LogP contribution in [0, 0.1) is 0 Å². The lowest BCUT2D eigenvalue weighted by Gasteiger charge is -2.07. The molecule has 0 saturated heterocycles. The Morgan fingerprint density at radius 1 is 1.10 bits per heavy atom. The van der Waals surface area contributed by atoms with Crippen LogP contribution < -0.4 is 5.32 Å². The standard InChI is InChI=1S/C17H19NO2/c1-2-3-6-13-9-11-14(12-10-13)17(20)18-15-7-4-5-8-16(15)19/h4-5,7-12,19H,2-3,6H2,1H3,(H,18,20). The molecule has 3 heteroatoms. The zero-order valence-electron chi connectivity index (χ0n) is 11.6. The summed E-state index contributed by atoms with van der Waals surface area (Å²) in [5, 5.41) is 12.3. The second-order valence-electron chi connectivity index (χ2n) is 4.77. The molecule has 0 atom stereocenters. The molecule has 1 amide bonds. The number of hydrogen-bond donors (Lipinski definition) is 2. The van der Waals surface area contributed by atoms with Crippen LogP contribution in [0.15, 0.2) is 48.5 Å². The number of benzene rings is 2. The van der Waals surface area contributed by atoms with Gasteiger partial charge >= 0.3 is 0 Å². The van der Waals surface area contributed by atoms with Gasteiger partial charge in [-0.05, 0) is 42.7 Å². The van der Waals surface area contributed by atoms with Crippen molar-refractivity contribution < 1.29 is 9.90 Å². The van der Waals surface area contributed by atoms with Gasteiger partial charge < -0.3 is 10.4 Å². The predicted octanol–water partition coefficient (Wildman–Crippen LogP) is 3.99. The summed E-state index contributed by atoms with van der Waals surface area (Å²) in [5.74, 6) is -0.144. The molecule has 0 fully saturated rings. The first-order valence-corrected chi connectivity index (χ1v) is 6.89. The second-order valence-corrected chi connectivity index (χ2v) is 4.77. The van der Waals surface area contributed by atoms with Gasteiger partial charge in [-0.1, -0.05) is 37.6 Å². The number of phenolic OH excluding ortho intramolecular Hbond substituents is 1. The van der Waals surface area contributed by atoms with Gasteiger partial charge in [0.2, 0.25) is 0 Å². The minimum Gasteiger partial charge on any atom is -0.506 e. The third-order valence-corrected chi connectivity index (χ3v) is 3.19. The average Bonchev–Trinajstić information content (AvgIpc) is 2.48. The first-order valence-electron chi connectivity index (χ1n) is 6.89. The Morgan fingerprint density at radius 3 is 2.45 bits per heavy atom. The molecule has 0 saturated carbocycles. The molecule has 0 bridgehead atoms. The van der Waals surface area contributed by atoms with Gasteiger partial charge in [0, 0.05) is 5.56 Å². The summed E-state index contributed by atoms with van der Waals surface area (Å²) in [7, 11) is 0. The largest absolute Gasteiger partial charge is 0.506 e. The fourth-order valence-corrected chi connectivity index (χ4v) is 1.98. The van der Waals surface area contributed by atoms with Gasteiger partial charge in [0.1, 0.15) is 5.75 Å². The predicted molar refractivity (Wildman–Crippen MR) is 81.1 cm³/mol. The summed E-state index contributed by atoms with van der Waals surface area (Å²) in [6.45, 7) is 2.16. The summed E-state index contributed by atoms with van der Waals surface area (Å²) in [5.41, 5.74) is 2.26. The van der Waals surface area contributed by atoms with Crippen LogP contribution in [0.5, 0.6) is 5.75 Å². The van der Waals surface area contributed by atoms with Crippen LogP contribution in [0.25, 0.3) is 0 Å². The monoisotopic (exact) mass is 269 g/mol. The number of para-hydroxylation sites is 2. The molecule has 2 rings (SSSR count). The third kappa shape index (κ3) is 3.60. The van der Waals surface area contributed by atoms with E-state index in [1.165, 1.54) is 5.56 Å². The number of nitrogens with one attached hydrogen (secondary N) is 1. The second kappa shape index (κ2) is 6.75. The molecule has 20 heavy (non-hydrogen) atoms. The van der Waals surface area contributed by atoms with Crippen molar-refractivity contribution in [2.24, 2.45) is 0 Å². The lowest BCUT2D eigenvalue weighted by Crippen LogP contribution is -2.11. The van der Waals surface area contributed by atoms with Crippen molar-refractivity contribution in [1.29, 1.82) is 0 Å². The topological polar surface area (TPSA) is 49.3 Å². The van der Waals surface area contributed by atoms with E-state index in [1.807, 2.05) is 24.3 Å². The van der Waals surface area contributed by atoms with Gasteiger partial charge in [0.05, 0.1) is 5.69 Å². The van der Waals surface area contributed by atoms with Crippen LogP contribution in [-0.2, 0) is 6.42 Å². The molecular formula is C17H19NO2. The molecule has 2 aromatic carbocycles. The summed E-state index contributed by atoms with van der Waals surface area (Å²) < 4.78 is 0. The van der Waals surface area contributed by atoms with E-state index < -0.39 is 0 Å². The molecule has 0 aliphatic heterocycles. The number of aromatic hydroxyl groups is 1. The number of rotatable bonds is 5. The van der Waals surface area contributed by atoms with Crippen molar-refractivity contribution in [3.8, 4) is 5.75 Å². The summed E-state index contributed by atoms with van der Waals surface area (Å²) in [4.78, 5) is 12.1.